The van der Waals surface area contributed by atoms with Crippen LogP contribution in [0.1, 0.15) is 20.3 Å². The van der Waals surface area contributed by atoms with Crippen molar-refractivity contribution < 1.29 is 0 Å². The fourth-order valence-corrected chi connectivity index (χ4v) is 2.28. The molecule has 2 aromatic rings. The number of hydrogen-bond donors (Lipinski definition) is 2. The first kappa shape index (κ1) is 15.5. The molecule has 0 radical (unpaired) electrons. The van der Waals surface area contributed by atoms with E-state index in [9.17, 15) is 0 Å². The van der Waals surface area contributed by atoms with Crippen LogP contribution in [0.25, 0.3) is 11.2 Å². The van der Waals surface area contributed by atoms with E-state index in [0.29, 0.717) is 11.6 Å². The lowest BCUT2D eigenvalue weighted by molar-refractivity contribution is 0.400. The Labute approximate surface area is 125 Å². The molecule has 0 saturated carbocycles. The molecule has 0 aliphatic rings. The predicted molar refractivity (Wildman–Crippen MR) is 86.9 cm³/mol. The van der Waals surface area contributed by atoms with E-state index in [-0.39, 0.29) is 0 Å². The smallest absolute Gasteiger partial charge is 0.226 e. The van der Waals surface area contributed by atoms with Crippen LogP contribution >= 0.6 is 0 Å². The van der Waals surface area contributed by atoms with Crippen LogP contribution < -0.4 is 10.2 Å². The van der Waals surface area contributed by atoms with E-state index >= 15 is 0 Å². The van der Waals surface area contributed by atoms with Gasteiger partial charge in [0.05, 0.1) is 6.33 Å². The molecule has 2 heterocycles. The first-order valence-electron chi connectivity index (χ1n) is 7.50. The molecule has 0 bridgehead atoms. The van der Waals surface area contributed by atoms with Gasteiger partial charge in [-0.05, 0) is 40.9 Å². The van der Waals surface area contributed by atoms with Gasteiger partial charge in [0.25, 0.3) is 0 Å². The third-order valence-electron chi connectivity index (χ3n) is 3.32. The fourth-order valence-electron chi connectivity index (χ4n) is 2.28. The van der Waals surface area contributed by atoms with E-state index in [0.717, 1.165) is 43.9 Å². The molecular formula is C14H25N7. The average Bonchev–Trinajstić information content (AvgIpc) is 2.91. The molecule has 0 aromatic carbocycles. The van der Waals surface area contributed by atoms with Crippen LogP contribution in [0.15, 0.2) is 6.33 Å². The largest absolute Gasteiger partial charge is 0.355 e. The van der Waals surface area contributed by atoms with Crippen molar-refractivity contribution in [1.82, 2.24) is 24.8 Å². The van der Waals surface area contributed by atoms with Crippen LogP contribution in [-0.2, 0) is 0 Å². The second-order valence-electron chi connectivity index (χ2n) is 5.24. The summed E-state index contributed by atoms with van der Waals surface area (Å²) in [5.41, 5.74) is 1.62. The lowest BCUT2D eigenvalue weighted by Crippen LogP contribution is -2.28. The standard InChI is InChI=1S/C14H25N7/c1-5-15-14-18-12-11(16-10-17-12)13(19-14)21(6-2)9-7-8-20(3)4/h10H,5-9H2,1-4H3,(H2,15,16,17,18,19). The molecule has 0 aliphatic carbocycles. The Hall–Kier alpha value is -1.89. The maximum Gasteiger partial charge on any atom is 0.226 e. The summed E-state index contributed by atoms with van der Waals surface area (Å²) in [6.45, 7) is 7.91. The number of anilines is 2. The first-order chi connectivity index (χ1) is 10.2. The van der Waals surface area contributed by atoms with Gasteiger partial charge in [-0.2, -0.15) is 9.97 Å². The lowest BCUT2D eigenvalue weighted by Gasteiger charge is -2.23. The topological polar surface area (TPSA) is 73.0 Å². The van der Waals surface area contributed by atoms with Gasteiger partial charge in [0.15, 0.2) is 11.5 Å². The molecular weight excluding hydrogens is 266 g/mol. The highest BCUT2D eigenvalue weighted by Gasteiger charge is 2.15. The van der Waals surface area contributed by atoms with E-state index < -0.39 is 0 Å². The third-order valence-corrected chi connectivity index (χ3v) is 3.32. The van der Waals surface area contributed by atoms with E-state index in [2.05, 4.69) is 56.1 Å². The Kier molecular flexibility index (Phi) is 5.32. The summed E-state index contributed by atoms with van der Waals surface area (Å²) < 4.78 is 0. The molecule has 0 aliphatic heterocycles. The highest BCUT2D eigenvalue weighted by atomic mass is 15.2. The Morgan fingerprint density at radius 3 is 2.67 bits per heavy atom. The number of aromatic amines is 1. The molecule has 7 nitrogen and oxygen atoms in total. The number of nitrogens with zero attached hydrogens (tertiary/aromatic N) is 5. The summed E-state index contributed by atoms with van der Waals surface area (Å²) in [5.74, 6) is 1.56. The highest BCUT2D eigenvalue weighted by Crippen LogP contribution is 2.22. The number of nitrogens with one attached hydrogen (secondary N) is 2. The van der Waals surface area contributed by atoms with Crippen molar-refractivity contribution >= 4 is 22.9 Å². The zero-order chi connectivity index (χ0) is 15.2. The van der Waals surface area contributed by atoms with Crippen molar-refractivity contribution in [1.29, 1.82) is 0 Å². The minimum absolute atomic E-state index is 0.637. The van der Waals surface area contributed by atoms with Gasteiger partial charge >= 0.3 is 0 Å². The number of fused-ring (bicyclic) bond motifs is 1. The monoisotopic (exact) mass is 291 g/mol. The van der Waals surface area contributed by atoms with Gasteiger partial charge in [-0.15, -0.1) is 0 Å². The molecule has 0 unspecified atom stereocenters. The average molecular weight is 291 g/mol. The molecule has 0 spiro atoms. The Balaban J connectivity index is 2.25. The number of imidazole rings is 1. The van der Waals surface area contributed by atoms with Gasteiger partial charge in [-0.25, -0.2) is 4.98 Å². The highest BCUT2D eigenvalue weighted by molar-refractivity contribution is 5.84. The summed E-state index contributed by atoms with van der Waals surface area (Å²) in [6, 6.07) is 0. The second kappa shape index (κ2) is 7.21. The normalized spacial score (nSPS) is 11.3. The van der Waals surface area contributed by atoms with E-state index in [1.165, 1.54) is 0 Å². The zero-order valence-corrected chi connectivity index (χ0v) is 13.3. The molecule has 0 amide bonds. The van der Waals surface area contributed by atoms with Gasteiger partial charge in [-0.3, -0.25) is 0 Å². The van der Waals surface area contributed by atoms with Gasteiger partial charge < -0.3 is 20.1 Å². The molecule has 116 valence electrons. The quantitative estimate of drug-likeness (QED) is 0.769. The number of aromatic nitrogens is 4. The maximum atomic E-state index is 4.65. The molecule has 21 heavy (non-hydrogen) atoms. The minimum atomic E-state index is 0.637. The van der Waals surface area contributed by atoms with Crippen LogP contribution in [0.3, 0.4) is 0 Å². The van der Waals surface area contributed by atoms with E-state index in [1.807, 2.05) is 6.92 Å². The van der Waals surface area contributed by atoms with Gasteiger partial charge in [0.2, 0.25) is 5.95 Å². The minimum Gasteiger partial charge on any atom is -0.355 e. The first-order valence-corrected chi connectivity index (χ1v) is 7.50. The van der Waals surface area contributed by atoms with Crippen LogP contribution in [0.4, 0.5) is 11.8 Å². The van der Waals surface area contributed by atoms with E-state index in [4.69, 9.17) is 0 Å². The van der Waals surface area contributed by atoms with Crippen molar-refractivity contribution in [3.8, 4) is 0 Å². The summed E-state index contributed by atoms with van der Waals surface area (Å²) in [4.78, 5) is 21.0. The molecule has 0 saturated heterocycles. The third kappa shape index (κ3) is 3.81. The Morgan fingerprint density at radius 2 is 2.00 bits per heavy atom. The SMILES string of the molecule is CCNc1nc(N(CC)CCCN(C)C)c2[nH]cnc2n1. The summed E-state index contributed by atoms with van der Waals surface area (Å²) in [6.07, 6.45) is 2.77. The molecule has 2 N–H and O–H groups in total. The fraction of sp³-hybridized carbons (Fsp3) is 0.643. The molecule has 7 heteroatoms. The van der Waals surface area contributed by atoms with Crippen LogP contribution in [0, 0.1) is 0 Å². The number of hydrogen-bond acceptors (Lipinski definition) is 6. The molecule has 2 rings (SSSR count). The Morgan fingerprint density at radius 1 is 1.19 bits per heavy atom. The van der Waals surface area contributed by atoms with Crippen molar-refractivity contribution in [3.63, 3.8) is 0 Å². The van der Waals surface area contributed by atoms with Crippen molar-refractivity contribution in [2.24, 2.45) is 0 Å². The summed E-state index contributed by atoms with van der Waals surface area (Å²) in [7, 11) is 4.19. The summed E-state index contributed by atoms with van der Waals surface area (Å²) in [5, 5.41) is 3.17. The van der Waals surface area contributed by atoms with E-state index in [1.54, 1.807) is 6.33 Å². The van der Waals surface area contributed by atoms with Crippen molar-refractivity contribution in [2.45, 2.75) is 20.3 Å². The zero-order valence-electron chi connectivity index (χ0n) is 13.3. The second-order valence-corrected chi connectivity index (χ2v) is 5.24. The van der Waals surface area contributed by atoms with Gasteiger partial charge in [0.1, 0.15) is 5.52 Å². The van der Waals surface area contributed by atoms with Crippen LogP contribution in [0.2, 0.25) is 0 Å². The van der Waals surface area contributed by atoms with Gasteiger partial charge in [0, 0.05) is 19.6 Å². The van der Waals surface area contributed by atoms with Gasteiger partial charge in [-0.1, -0.05) is 0 Å². The number of rotatable bonds is 8. The van der Waals surface area contributed by atoms with Crippen molar-refractivity contribution in [2.75, 3.05) is 50.5 Å². The van der Waals surface area contributed by atoms with Crippen LogP contribution in [-0.4, -0.2) is 65.1 Å². The predicted octanol–water partition coefficient (Wildman–Crippen LogP) is 1.56. The summed E-state index contributed by atoms with van der Waals surface area (Å²) >= 11 is 0. The molecule has 0 atom stereocenters. The lowest BCUT2D eigenvalue weighted by atomic mass is 10.3. The maximum absolute atomic E-state index is 4.65. The molecule has 0 fully saturated rings. The molecule has 2 aromatic heterocycles. The Bertz CT molecular complexity index is 563. The van der Waals surface area contributed by atoms with Crippen molar-refractivity contribution in [3.05, 3.63) is 6.33 Å². The van der Waals surface area contributed by atoms with Crippen LogP contribution in [0.5, 0.6) is 0 Å². The number of H-pyrrole nitrogens is 1.